The molecule has 0 bridgehead atoms. The molecule has 8 heteroatoms. The van der Waals surface area contributed by atoms with Gasteiger partial charge in [-0.25, -0.2) is 0 Å². The lowest BCUT2D eigenvalue weighted by molar-refractivity contribution is -0.147. The van der Waals surface area contributed by atoms with Gasteiger partial charge < -0.3 is 14.2 Å². The Labute approximate surface area is 149 Å². The van der Waals surface area contributed by atoms with Gasteiger partial charge in [-0.1, -0.05) is 12.1 Å². The fraction of sp³-hybridized carbons (Fsp3) is 0.278. The van der Waals surface area contributed by atoms with Crippen LogP contribution in [0, 0.1) is 0 Å². The maximum Gasteiger partial charge on any atom is 0.302 e. The zero-order valence-electron chi connectivity index (χ0n) is 14.5. The first-order valence-corrected chi connectivity index (χ1v) is 7.82. The average molecular weight is 359 g/mol. The van der Waals surface area contributed by atoms with Crippen molar-refractivity contribution < 1.29 is 33.4 Å². The second-order valence-electron chi connectivity index (χ2n) is 5.46. The molecular weight excluding hydrogens is 342 g/mol. The number of rotatable bonds is 6. The number of ether oxygens (including phenoxy) is 3. The Bertz CT molecular complexity index is 906. The van der Waals surface area contributed by atoms with E-state index in [-0.39, 0.29) is 24.3 Å². The molecule has 0 saturated carbocycles. The second-order valence-corrected chi connectivity index (χ2v) is 5.46. The fourth-order valence-electron chi connectivity index (χ4n) is 2.88. The summed E-state index contributed by atoms with van der Waals surface area (Å²) in [7, 11) is 2.99. The van der Waals surface area contributed by atoms with Crippen LogP contribution in [0.25, 0.3) is 10.8 Å². The molecule has 0 atom stereocenters. The number of hydrogen-bond donors (Lipinski definition) is 0. The molecule has 136 valence electrons. The van der Waals surface area contributed by atoms with E-state index in [9.17, 15) is 14.4 Å². The highest BCUT2D eigenvalue weighted by atomic mass is 16.7. The van der Waals surface area contributed by atoms with Crippen molar-refractivity contribution in [1.82, 2.24) is 5.06 Å². The average Bonchev–Trinajstić information content (AvgIpc) is 2.88. The molecule has 2 amide bonds. The fourth-order valence-corrected chi connectivity index (χ4v) is 2.88. The van der Waals surface area contributed by atoms with Crippen molar-refractivity contribution in [2.45, 2.75) is 6.92 Å². The van der Waals surface area contributed by atoms with E-state index in [0.29, 0.717) is 27.3 Å². The summed E-state index contributed by atoms with van der Waals surface area (Å²) >= 11 is 0. The van der Waals surface area contributed by atoms with Crippen molar-refractivity contribution in [1.29, 1.82) is 0 Å². The van der Waals surface area contributed by atoms with Crippen LogP contribution in [0.1, 0.15) is 27.6 Å². The minimum Gasteiger partial charge on any atom is -0.496 e. The molecule has 1 aliphatic heterocycles. The van der Waals surface area contributed by atoms with Crippen LogP contribution < -0.4 is 9.47 Å². The van der Waals surface area contributed by atoms with Gasteiger partial charge in [0.1, 0.15) is 24.7 Å². The van der Waals surface area contributed by atoms with Gasteiger partial charge in [0, 0.05) is 12.3 Å². The molecule has 0 unspecified atom stereocenters. The lowest BCUT2D eigenvalue weighted by Gasteiger charge is -2.13. The van der Waals surface area contributed by atoms with Crippen LogP contribution in [0.3, 0.4) is 0 Å². The van der Waals surface area contributed by atoms with Crippen molar-refractivity contribution in [3.05, 3.63) is 35.4 Å². The van der Waals surface area contributed by atoms with E-state index in [2.05, 4.69) is 0 Å². The highest BCUT2D eigenvalue weighted by Crippen LogP contribution is 2.40. The quantitative estimate of drug-likeness (QED) is 0.442. The van der Waals surface area contributed by atoms with Crippen LogP contribution in [0.2, 0.25) is 0 Å². The topological polar surface area (TPSA) is 91.4 Å². The molecule has 1 aliphatic rings. The van der Waals surface area contributed by atoms with E-state index in [4.69, 9.17) is 19.0 Å². The van der Waals surface area contributed by atoms with Crippen LogP contribution >= 0.6 is 0 Å². The highest BCUT2D eigenvalue weighted by molar-refractivity contribution is 6.27. The summed E-state index contributed by atoms with van der Waals surface area (Å²) < 4.78 is 15.5. The van der Waals surface area contributed by atoms with Gasteiger partial charge in [-0.05, 0) is 12.1 Å². The monoisotopic (exact) mass is 359 g/mol. The number of benzene rings is 2. The normalized spacial score (nSPS) is 13.1. The van der Waals surface area contributed by atoms with E-state index in [0.717, 1.165) is 0 Å². The number of carbonyl (C=O) groups excluding carboxylic acids is 3. The molecule has 0 aromatic heterocycles. The van der Waals surface area contributed by atoms with Crippen LogP contribution in [0.4, 0.5) is 0 Å². The molecule has 0 N–H and O–H groups in total. The molecule has 0 spiro atoms. The number of methoxy groups -OCH3 is 2. The molecule has 2 aromatic rings. The van der Waals surface area contributed by atoms with E-state index >= 15 is 0 Å². The maximum atomic E-state index is 12.7. The molecule has 3 rings (SSSR count). The Morgan fingerprint density at radius 1 is 1.04 bits per heavy atom. The molecule has 0 radical (unpaired) electrons. The molecule has 0 saturated heterocycles. The van der Waals surface area contributed by atoms with Gasteiger partial charge in [0.05, 0.1) is 30.7 Å². The zero-order valence-corrected chi connectivity index (χ0v) is 14.5. The number of amides is 2. The third-order valence-corrected chi connectivity index (χ3v) is 3.95. The van der Waals surface area contributed by atoms with Gasteiger partial charge in [-0.3, -0.25) is 19.2 Å². The summed E-state index contributed by atoms with van der Waals surface area (Å²) in [6, 6.07) is 6.68. The van der Waals surface area contributed by atoms with E-state index < -0.39 is 17.8 Å². The first-order valence-electron chi connectivity index (χ1n) is 7.82. The third kappa shape index (κ3) is 2.84. The number of imide groups is 1. The van der Waals surface area contributed by atoms with Crippen LogP contribution in [-0.2, 0) is 14.4 Å². The Kier molecular flexibility index (Phi) is 4.77. The first-order chi connectivity index (χ1) is 12.5. The number of hydroxylamine groups is 2. The van der Waals surface area contributed by atoms with E-state index in [1.165, 1.54) is 27.2 Å². The number of carbonyl (C=O) groups is 3. The van der Waals surface area contributed by atoms with Gasteiger partial charge >= 0.3 is 5.97 Å². The Balaban J connectivity index is 2.01. The molecule has 0 fully saturated rings. The van der Waals surface area contributed by atoms with Crippen LogP contribution in [-0.4, -0.2) is 50.3 Å². The van der Waals surface area contributed by atoms with Crippen LogP contribution in [0.5, 0.6) is 11.5 Å². The highest BCUT2D eigenvalue weighted by Gasteiger charge is 2.39. The molecule has 1 heterocycles. The standard InChI is InChI=1S/C18H17NO7/c1-10(20)25-7-8-26-19-17(21)12-9-14(24-3)16-11(15(12)18(19)22)5-4-6-13(16)23-2/h4-6,9H,7-8H2,1-3H3. The van der Waals surface area contributed by atoms with Gasteiger partial charge in [0.25, 0.3) is 11.8 Å². The minimum absolute atomic E-state index is 0.0688. The number of fused-ring (bicyclic) bond motifs is 3. The number of hydrogen-bond acceptors (Lipinski definition) is 7. The van der Waals surface area contributed by atoms with Gasteiger partial charge in [-0.15, -0.1) is 5.06 Å². The Hall–Kier alpha value is -3.13. The van der Waals surface area contributed by atoms with Crippen molar-refractivity contribution in [2.24, 2.45) is 0 Å². The number of nitrogens with zero attached hydrogens (tertiary/aromatic N) is 1. The lowest BCUT2D eigenvalue weighted by Crippen LogP contribution is -2.31. The molecular formula is C18H17NO7. The SMILES string of the molecule is COc1cccc2c3c(cc(OC)c12)C(=O)N(OCCOC(C)=O)C3=O. The maximum absolute atomic E-state index is 12.7. The van der Waals surface area contributed by atoms with Crippen molar-refractivity contribution in [2.75, 3.05) is 27.4 Å². The third-order valence-electron chi connectivity index (χ3n) is 3.95. The molecule has 26 heavy (non-hydrogen) atoms. The van der Waals surface area contributed by atoms with Gasteiger partial charge in [-0.2, -0.15) is 0 Å². The summed E-state index contributed by atoms with van der Waals surface area (Å²) in [4.78, 5) is 41.3. The van der Waals surface area contributed by atoms with E-state index in [1.807, 2.05) is 0 Å². The molecule has 8 nitrogen and oxygen atoms in total. The number of esters is 1. The summed E-state index contributed by atoms with van der Waals surface area (Å²) in [5.41, 5.74) is 0.400. The van der Waals surface area contributed by atoms with Gasteiger partial charge in [0.15, 0.2) is 0 Å². The Morgan fingerprint density at radius 2 is 1.77 bits per heavy atom. The predicted octanol–water partition coefficient (Wildman–Crippen LogP) is 1.95. The van der Waals surface area contributed by atoms with Gasteiger partial charge in [0.2, 0.25) is 0 Å². The van der Waals surface area contributed by atoms with Crippen molar-refractivity contribution >= 4 is 28.6 Å². The predicted molar refractivity (Wildman–Crippen MR) is 90.1 cm³/mol. The smallest absolute Gasteiger partial charge is 0.302 e. The summed E-state index contributed by atoms with van der Waals surface area (Å²) in [5, 5.41) is 1.80. The van der Waals surface area contributed by atoms with Crippen LogP contribution in [0.15, 0.2) is 24.3 Å². The Morgan fingerprint density at radius 3 is 2.42 bits per heavy atom. The zero-order chi connectivity index (χ0) is 18.8. The second kappa shape index (κ2) is 7.01. The summed E-state index contributed by atoms with van der Waals surface area (Å²) in [6.07, 6.45) is 0. The summed E-state index contributed by atoms with van der Waals surface area (Å²) in [6.45, 7) is 1.07. The largest absolute Gasteiger partial charge is 0.496 e. The molecule has 2 aromatic carbocycles. The van der Waals surface area contributed by atoms with Crippen molar-refractivity contribution in [3.63, 3.8) is 0 Å². The minimum atomic E-state index is -0.601. The first kappa shape index (κ1) is 17.7. The van der Waals surface area contributed by atoms with Crippen molar-refractivity contribution in [3.8, 4) is 11.5 Å². The summed E-state index contributed by atoms with van der Waals surface area (Å²) in [5.74, 6) is -0.723. The lowest BCUT2D eigenvalue weighted by atomic mass is 9.98. The molecule has 0 aliphatic carbocycles. The van der Waals surface area contributed by atoms with E-state index in [1.54, 1.807) is 18.2 Å².